The van der Waals surface area contributed by atoms with E-state index in [1.165, 1.54) is 21.0 Å². The zero-order valence-corrected chi connectivity index (χ0v) is 12.5. The lowest BCUT2D eigenvalue weighted by Gasteiger charge is -2.21. The van der Waals surface area contributed by atoms with Gasteiger partial charge in [-0.05, 0) is 26.0 Å². The van der Waals surface area contributed by atoms with Gasteiger partial charge in [-0.25, -0.2) is 9.59 Å². The number of carboxylic acids is 1. The largest absolute Gasteiger partial charge is 0.497 e. The molecule has 116 valence electrons. The predicted molar refractivity (Wildman–Crippen MR) is 76.6 cm³/mol. The fraction of sp³-hybridized carbons (Fsp3) is 0.429. The maximum Gasteiger partial charge on any atom is 0.328 e. The summed E-state index contributed by atoms with van der Waals surface area (Å²) in [6, 6.07) is 4.65. The summed E-state index contributed by atoms with van der Waals surface area (Å²) in [6.45, 7) is 3.01. The van der Waals surface area contributed by atoms with E-state index in [0.717, 1.165) is 5.56 Å². The van der Waals surface area contributed by atoms with E-state index >= 15 is 0 Å². The molecule has 0 atom stereocenters. The van der Waals surface area contributed by atoms with Gasteiger partial charge in [-0.15, -0.1) is 0 Å². The molecule has 1 aromatic carbocycles. The number of hydrogen-bond donors (Lipinski definition) is 3. The molecule has 7 nitrogen and oxygen atoms in total. The molecule has 0 aliphatic carbocycles. The highest BCUT2D eigenvalue weighted by Gasteiger charge is 2.28. The number of rotatable bonds is 6. The molecule has 0 aliphatic rings. The molecule has 2 amide bonds. The summed E-state index contributed by atoms with van der Waals surface area (Å²) in [5.74, 6) is 0.110. The molecule has 0 bridgehead atoms. The summed E-state index contributed by atoms with van der Waals surface area (Å²) in [5.41, 5.74) is -0.588. The Morgan fingerprint density at radius 3 is 2.43 bits per heavy atom. The highest BCUT2D eigenvalue weighted by Crippen LogP contribution is 2.24. The molecule has 1 rings (SSSR count). The van der Waals surface area contributed by atoms with E-state index in [1.54, 1.807) is 25.3 Å². The quantitative estimate of drug-likeness (QED) is 0.736. The van der Waals surface area contributed by atoms with Crippen LogP contribution in [0.25, 0.3) is 0 Å². The lowest BCUT2D eigenvalue weighted by molar-refractivity contribution is -0.142. The van der Waals surface area contributed by atoms with Gasteiger partial charge in [0.1, 0.15) is 17.0 Å². The maximum atomic E-state index is 11.7. The molecular weight excluding hydrogens is 276 g/mol. The van der Waals surface area contributed by atoms with E-state index in [0.29, 0.717) is 11.5 Å². The molecule has 0 radical (unpaired) electrons. The Morgan fingerprint density at radius 2 is 1.90 bits per heavy atom. The number of ether oxygens (including phenoxy) is 2. The molecule has 0 unspecified atom stereocenters. The van der Waals surface area contributed by atoms with Crippen LogP contribution in [0.3, 0.4) is 0 Å². The van der Waals surface area contributed by atoms with Crippen LogP contribution in [-0.2, 0) is 11.3 Å². The van der Waals surface area contributed by atoms with Crippen molar-refractivity contribution in [3.05, 3.63) is 23.8 Å². The van der Waals surface area contributed by atoms with E-state index in [9.17, 15) is 9.59 Å². The minimum atomic E-state index is -1.34. The molecule has 0 heterocycles. The number of hydrogen-bond acceptors (Lipinski definition) is 4. The van der Waals surface area contributed by atoms with Crippen molar-refractivity contribution >= 4 is 12.0 Å². The molecule has 0 spiro atoms. The van der Waals surface area contributed by atoms with Crippen molar-refractivity contribution in [3.8, 4) is 11.5 Å². The van der Waals surface area contributed by atoms with E-state index in [2.05, 4.69) is 10.6 Å². The summed E-state index contributed by atoms with van der Waals surface area (Å²) < 4.78 is 10.3. The van der Waals surface area contributed by atoms with Gasteiger partial charge in [0.2, 0.25) is 0 Å². The Bertz CT molecular complexity index is 528. The molecule has 0 aliphatic heterocycles. The average molecular weight is 296 g/mol. The molecule has 3 N–H and O–H groups in total. The predicted octanol–water partition coefficient (Wildman–Crippen LogP) is 1.37. The molecule has 0 saturated carbocycles. The van der Waals surface area contributed by atoms with Gasteiger partial charge in [-0.2, -0.15) is 0 Å². The summed E-state index contributed by atoms with van der Waals surface area (Å²) >= 11 is 0. The monoisotopic (exact) mass is 296 g/mol. The van der Waals surface area contributed by atoms with Crippen molar-refractivity contribution in [3.63, 3.8) is 0 Å². The summed E-state index contributed by atoms with van der Waals surface area (Å²) in [4.78, 5) is 22.6. The molecular formula is C14H20N2O5. The number of benzene rings is 1. The average Bonchev–Trinajstić information content (AvgIpc) is 2.44. The lowest BCUT2D eigenvalue weighted by atomic mass is 10.1. The van der Waals surface area contributed by atoms with Crippen LogP contribution < -0.4 is 20.1 Å². The van der Waals surface area contributed by atoms with E-state index in [-0.39, 0.29) is 6.54 Å². The van der Waals surface area contributed by atoms with Crippen LogP contribution in [-0.4, -0.2) is 36.9 Å². The number of nitrogens with one attached hydrogen (secondary N) is 2. The number of amides is 2. The minimum Gasteiger partial charge on any atom is -0.497 e. The number of carbonyl (C=O) groups excluding carboxylic acids is 1. The first kappa shape index (κ1) is 16.6. The van der Waals surface area contributed by atoms with Crippen LogP contribution in [0.5, 0.6) is 11.5 Å². The number of methoxy groups -OCH3 is 2. The lowest BCUT2D eigenvalue weighted by Crippen LogP contribution is -2.52. The van der Waals surface area contributed by atoms with Crippen LogP contribution in [0, 0.1) is 0 Å². The van der Waals surface area contributed by atoms with Crippen LogP contribution in [0.2, 0.25) is 0 Å². The SMILES string of the molecule is COc1ccc(CNC(=O)NC(C)(C)C(=O)O)c(OC)c1. The third-order valence-electron chi connectivity index (χ3n) is 2.89. The highest BCUT2D eigenvalue weighted by atomic mass is 16.5. The Morgan fingerprint density at radius 1 is 1.24 bits per heavy atom. The third kappa shape index (κ3) is 4.55. The first-order chi connectivity index (χ1) is 9.80. The highest BCUT2D eigenvalue weighted by molar-refractivity contribution is 5.85. The molecule has 21 heavy (non-hydrogen) atoms. The van der Waals surface area contributed by atoms with Gasteiger partial charge in [0.15, 0.2) is 0 Å². The van der Waals surface area contributed by atoms with Gasteiger partial charge < -0.3 is 25.2 Å². The van der Waals surface area contributed by atoms with Gasteiger partial charge >= 0.3 is 12.0 Å². The minimum absolute atomic E-state index is 0.203. The second-order valence-corrected chi connectivity index (χ2v) is 4.92. The summed E-state index contributed by atoms with van der Waals surface area (Å²) in [7, 11) is 3.07. The molecule has 0 fully saturated rings. The second-order valence-electron chi connectivity index (χ2n) is 4.92. The Balaban J connectivity index is 2.67. The van der Waals surface area contributed by atoms with Crippen molar-refractivity contribution in [1.82, 2.24) is 10.6 Å². The second kappa shape index (κ2) is 6.83. The normalized spacial score (nSPS) is 10.7. The Labute approximate surface area is 123 Å². The molecule has 7 heteroatoms. The number of carboxylic acid groups (broad SMARTS) is 1. The summed E-state index contributed by atoms with van der Waals surface area (Å²) in [5, 5.41) is 13.9. The van der Waals surface area contributed by atoms with Crippen molar-refractivity contribution in [2.24, 2.45) is 0 Å². The standard InChI is InChI=1S/C14H20N2O5/c1-14(2,12(17)18)16-13(19)15-8-9-5-6-10(20-3)7-11(9)21-4/h5-7H,8H2,1-4H3,(H,17,18)(H2,15,16,19). The molecule has 0 aromatic heterocycles. The number of carbonyl (C=O) groups is 2. The van der Waals surface area contributed by atoms with Crippen LogP contribution in [0.15, 0.2) is 18.2 Å². The van der Waals surface area contributed by atoms with Gasteiger partial charge in [0.25, 0.3) is 0 Å². The van der Waals surface area contributed by atoms with Crippen LogP contribution >= 0.6 is 0 Å². The van der Waals surface area contributed by atoms with Crippen molar-refractivity contribution < 1.29 is 24.2 Å². The van der Waals surface area contributed by atoms with Gasteiger partial charge in [-0.3, -0.25) is 0 Å². The Kier molecular flexibility index (Phi) is 5.40. The van der Waals surface area contributed by atoms with Crippen molar-refractivity contribution in [2.45, 2.75) is 25.9 Å². The molecule has 1 aromatic rings. The van der Waals surface area contributed by atoms with E-state index < -0.39 is 17.5 Å². The van der Waals surface area contributed by atoms with Gasteiger partial charge in [0.05, 0.1) is 14.2 Å². The van der Waals surface area contributed by atoms with Gasteiger partial charge in [-0.1, -0.05) is 0 Å². The van der Waals surface area contributed by atoms with Gasteiger partial charge in [0, 0.05) is 18.2 Å². The smallest absolute Gasteiger partial charge is 0.328 e. The zero-order valence-electron chi connectivity index (χ0n) is 12.5. The van der Waals surface area contributed by atoms with Crippen LogP contribution in [0.1, 0.15) is 19.4 Å². The van der Waals surface area contributed by atoms with Crippen LogP contribution in [0.4, 0.5) is 4.79 Å². The molecule has 0 saturated heterocycles. The van der Waals surface area contributed by atoms with E-state index in [4.69, 9.17) is 14.6 Å². The first-order valence-corrected chi connectivity index (χ1v) is 6.30. The fourth-order valence-corrected chi connectivity index (χ4v) is 1.55. The maximum absolute atomic E-state index is 11.7. The van der Waals surface area contributed by atoms with Crippen molar-refractivity contribution in [1.29, 1.82) is 0 Å². The van der Waals surface area contributed by atoms with E-state index in [1.807, 2.05) is 0 Å². The number of aliphatic carboxylic acids is 1. The first-order valence-electron chi connectivity index (χ1n) is 6.30. The number of urea groups is 1. The Hall–Kier alpha value is -2.44. The zero-order chi connectivity index (χ0) is 16.0. The third-order valence-corrected chi connectivity index (χ3v) is 2.89. The summed E-state index contributed by atoms with van der Waals surface area (Å²) in [6.07, 6.45) is 0. The topological polar surface area (TPSA) is 96.9 Å². The fourth-order valence-electron chi connectivity index (χ4n) is 1.55. The van der Waals surface area contributed by atoms with Crippen molar-refractivity contribution in [2.75, 3.05) is 14.2 Å².